The van der Waals surface area contributed by atoms with E-state index in [1.165, 1.54) is 11.2 Å². The number of piperidine rings is 1. The van der Waals surface area contributed by atoms with E-state index in [-0.39, 0.29) is 28.7 Å². The molecule has 34 heavy (non-hydrogen) atoms. The van der Waals surface area contributed by atoms with Gasteiger partial charge < -0.3 is 10.2 Å². The van der Waals surface area contributed by atoms with Crippen molar-refractivity contribution in [1.29, 1.82) is 0 Å². The van der Waals surface area contributed by atoms with Crippen LogP contribution in [0.15, 0.2) is 47.4 Å². The number of rotatable bonds is 6. The lowest BCUT2D eigenvalue weighted by atomic mass is 9.97. The van der Waals surface area contributed by atoms with E-state index in [1.807, 2.05) is 31.2 Å². The molecule has 1 atom stereocenters. The molecular weight excluding hydrogens is 474 g/mol. The molecule has 1 fully saturated rings. The van der Waals surface area contributed by atoms with Gasteiger partial charge in [0.2, 0.25) is 21.8 Å². The van der Waals surface area contributed by atoms with Gasteiger partial charge in [-0.3, -0.25) is 9.59 Å². The third-order valence-electron chi connectivity index (χ3n) is 6.69. The van der Waals surface area contributed by atoms with Crippen LogP contribution in [0.4, 0.5) is 5.69 Å². The number of fused-ring (bicyclic) bond motifs is 1. The van der Waals surface area contributed by atoms with Crippen LogP contribution in [-0.2, 0) is 32.5 Å². The molecule has 0 bridgehead atoms. The van der Waals surface area contributed by atoms with E-state index < -0.39 is 10.0 Å². The van der Waals surface area contributed by atoms with Crippen LogP contribution < -0.4 is 10.2 Å². The highest BCUT2D eigenvalue weighted by atomic mass is 35.5. The Morgan fingerprint density at radius 3 is 2.41 bits per heavy atom. The third-order valence-corrected chi connectivity index (χ3v) is 8.84. The van der Waals surface area contributed by atoms with Crippen molar-refractivity contribution in [1.82, 2.24) is 9.62 Å². The van der Waals surface area contributed by atoms with Crippen molar-refractivity contribution in [3.63, 3.8) is 0 Å². The van der Waals surface area contributed by atoms with Gasteiger partial charge in [-0.25, -0.2) is 8.42 Å². The number of sulfonamides is 1. The summed E-state index contributed by atoms with van der Waals surface area (Å²) in [6, 6.07) is 12.6. The first kappa shape index (κ1) is 24.7. The van der Waals surface area contributed by atoms with Crippen LogP contribution in [0.2, 0.25) is 5.02 Å². The largest absolute Gasteiger partial charge is 0.356 e. The number of carbonyl (C=O) groups is 2. The van der Waals surface area contributed by atoms with Gasteiger partial charge in [0.05, 0.1) is 4.90 Å². The van der Waals surface area contributed by atoms with Crippen molar-refractivity contribution in [2.45, 2.75) is 50.5 Å². The molecule has 2 aliphatic heterocycles. The molecule has 2 aromatic carbocycles. The Morgan fingerprint density at radius 1 is 1.09 bits per heavy atom. The summed E-state index contributed by atoms with van der Waals surface area (Å²) in [4.78, 5) is 26.5. The zero-order chi connectivity index (χ0) is 24.5. The summed E-state index contributed by atoms with van der Waals surface area (Å²) < 4.78 is 28.0. The molecule has 0 saturated carbocycles. The highest BCUT2D eigenvalue weighted by Gasteiger charge is 2.34. The van der Waals surface area contributed by atoms with Gasteiger partial charge in [-0.15, -0.1) is 0 Å². The Kier molecular flexibility index (Phi) is 7.31. The van der Waals surface area contributed by atoms with E-state index in [0.717, 1.165) is 16.8 Å². The Morgan fingerprint density at radius 2 is 1.76 bits per heavy atom. The molecule has 7 nitrogen and oxygen atoms in total. The van der Waals surface area contributed by atoms with Crippen molar-refractivity contribution in [2.75, 3.05) is 24.5 Å². The smallest absolute Gasteiger partial charge is 0.243 e. The second-order valence-corrected chi connectivity index (χ2v) is 11.5. The summed E-state index contributed by atoms with van der Waals surface area (Å²) in [5, 5.41) is 3.66. The Balaban J connectivity index is 1.33. The summed E-state index contributed by atoms with van der Waals surface area (Å²) in [6.45, 7) is 4.63. The molecule has 0 unspecified atom stereocenters. The summed E-state index contributed by atoms with van der Waals surface area (Å²) in [5.74, 6) is -0.265. The van der Waals surface area contributed by atoms with Crippen LogP contribution in [0.1, 0.15) is 37.8 Å². The second-order valence-electron chi connectivity index (χ2n) is 9.08. The number of benzene rings is 2. The Bertz CT molecular complexity index is 1180. The molecule has 2 aliphatic rings. The van der Waals surface area contributed by atoms with E-state index in [9.17, 15) is 18.0 Å². The number of hydrogen-bond acceptors (Lipinski definition) is 4. The monoisotopic (exact) mass is 503 g/mol. The molecule has 0 aromatic heterocycles. The van der Waals surface area contributed by atoms with Crippen molar-refractivity contribution in [2.24, 2.45) is 5.92 Å². The molecule has 9 heteroatoms. The van der Waals surface area contributed by atoms with Crippen molar-refractivity contribution in [3.05, 3.63) is 58.6 Å². The van der Waals surface area contributed by atoms with Gasteiger partial charge in [-0.05, 0) is 74.1 Å². The zero-order valence-electron chi connectivity index (χ0n) is 19.5. The Hall–Kier alpha value is -2.42. The lowest BCUT2D eigenvalue weighted by Gasteiger charge is -2.30. The number of anilines is 1. The third kappa shape index (κ3) is 5.14. The summed E-state index contributed by atoms with van der Waals surface area (Å²) in [7, 11) is -3.66. The van der Waals surface area contributed by atoms with Crippen LogP contribution >= 0.6 is 11.6 Å². The van der Waals surface area contributed by atoms with Gasteiger partial charge in [0.1, 0.15) is 0 Å². The van der Waals surface area contributed by atoms with Gasteiger partial charge in [0.15, 0.2) is 0 Å². The zero-order valence-corrected chi connectivity index (χ0v) is 21.0. The Labute approximate surface area is 206 Å². The maximum Gasteiger partial charge on any atom is 0.243 e. The average Bonchev–Trinajstić information content (AvgIpc) is 3.15. The van der Waals surface area contributed by atoms with Crippen LogP contribution in [0.25, 0.3) is 0 Å². The van der Waals surface area contributed by atoms with Crippen LogP contribution in [-0.4, -0.2) is 50.2 Å². The van der Waals surface area contributed by atoms with E-state index in [2.05, 4.69) is 5.32 Å². The van der Waals surface area contributed by atoms with E-state index in [4.69, 9.17) is 11.6 Å². The van der Waals surface area contributed by atoms with E-state index >= 15 is 0 Å². The SMILES string of the molecule is CC(=O)N1c2ccc(S(=O)(=O)N3CCC(C(=O)NCCc4ccc(Cl)cc4)CC3)cc2C[C@@H]1C. The normalized spacial score (nSPS) is 19.1. The summed E-state index contributed by atoms with van der Waals surface area (Å²) in [6.07, 6.45) is 2.34. The molecule has 2 heterocycles. The molecule has 2 aromatic rings. The van der Waals surface area contributed by atoms with Crippen molar-refractivity contribution in [3.8, 4) is 0 Å². The first-order valence-electron chi connectivity index (χ1n) is 11.6. The fourth-order valence-electron chi connectivity index (χ4n) is 4.88. The molecule has 182 valence electrons. The number of hydrogen-bond donors (Lipinski definition) is 1. The molecule has 1 N–H and O–H groups in total. The molecule has 1 saturated heterocycles. The molecule has 4 rings (SSSR count). The molecular formula is C25H30ClN3O4S. The average molecular weight is 504 g/mol. The fourth-order valence-corrected chi connectivity index (χ4v) is 6.53. The number of halogens is 1. The minimum atomic E-state index is -3.66. The van der Waals surface area contributed by atoms with Crippen LogP contribution in [0.3, 0.4) is 0 Å². The first-order valence-corrected chi connectivity index (χ1v) is 13.4. The predicted octanol–water partition coefficient (Wildman–Crippen LogP) is 3.40. The molecule has 0 aliphatic carbocycles. The molecule has 0 radical (unpaired) electrons. The highest BCUT2D eigenvalue weighted by Crippen LogP contribution is 2.35. The van der Waals surface area contributed by atoms with Crippen LogP contribution in [0, 0.1) is 5.92 Å². The van der Waals surface area contributed by atoms with Gasteiger partial charge in [-0.2, -0.15) is 4.31 Å². The topological polar surface area (TPSA) is 86.8 Å². The standard InChI is InChI=1S/C25H30ClN3O4S/c1-17-15-21-16-23(7-8-24(21)29(17)18(2)30)34(32,33)28-13-10-20(11-14-28)25(31)27-12-9-19-3-5-22(26)6-4-19/h3-8,16-17,20H,9-15H2,1-2H3,(H,27,31)/t17-/m0/s1. The predicted molar refractivity (Wildman–Crippen MR) is 132 cm³/mol. The highest BCUT2D eigenvalue weighted by molar-refractivity contribution is 7.89. The maximum atomic E-state index is 13.2. The summed E-state index contributed by atoms with van der Waals surface area (Å²) in [5.41, 5.74) is 2.76. The lowest BCUT2D eigenvalue weighted by Crippen LogP contribution is -2.43. The molecule has 2 amide bonds. The van der Waals surface area contributed by atoms with Crippen molar-refractivity contribution < 1.29 is 18.0 Å². The second kappa shape index (κ2) is 10.1. The minimum absolute atomic E-state index is 0.0133. The number of carbonyl (C=O) groups excluding carboxylic acids is 2. The quantitative estimate of drug-likeness (QED) is 0.654. The van der Waals surface area contributed by atoms with Crippen molar-refractivity contribution >= 4 is 39.1 Å². The maximum absolute atomic E-state index is 13.2. The van der Waals surface area contributed by atoms with E-state index in [0.29, 0.717) is 50.3 Å². The lowest BCUT2D eigenvalue weighted by molar-refractivity contribution is -0.126. The summed E-state index contributed by atoms with van der Waals surface area (Å²) >= 11 is 5.90. The first-order chi connectivity index (χ1) is 16.2. The number of amides is 2. The molecule has 0 spiro atoms. The fraction of sp³-hybridized carbons (Fsp3) is 0.440. The van der Waals surface area contributed by atoms with Crippen LogP contribution in [0.5, 0.6) is 0 Å². The van der Waals surface area contributed by atoms with Gasteiger partial charge >= 0.3 is 0 Å². The van der Waals surface area contributed by atoms with E-state index in [1.54, 1.807) is 23.1 Å². The minimum Gasteiger partial charge on any atom is -0.356 e. The number of nitrogens with zero attached hydrogens (tertiary/aromatic N) is 2. The van der Waals surface area contributed by atoms with Gasteiger partial charge in [-0.1, -0.05) is 23.7 Å². The van der Waals surface area contributed by atoms with Gasteiger partial charge in [0.25, 0.3) is 0 Å². The number of nitrogens with one attached hydrogen (secondary N) is 1. The van der Waals surface area contributed by atoms with Gasteiger partial charge in [0, 0.05) is 49.2 Å².